The number of aryl methyl sites for hydroxylation is 1. The van der Waals surface area contributed by atoms with Gasteiger partial charge in [0.2, 0.25) is 11.8 Å². The lowest BCUT2D eigenvalue weighted by Gasteiger charge is -2.44. The Bertz CT molecular complexity index is 1260. The van der Waals surface area contributed by atoms with E-state index in [0.29, 0.717) is 29.2 Å². The average molecular weight is 469 g/mol. The monoisotopic (exact) mass is 468 g/mol. The van der Waals surface area contributed by atoms with E-state index in [2.05, 4.69) is 24.9 Å². The highest BCUT2D eigenvalue weighted by atomic mass is 16.5. The molecule has 1 N–H and O–H groups in total. The van der Waals surface area contributed by atoms with Crippen LogP contribution in [0.2, 0.25) is 0 Å². The number of ether oxygens (including phenoxy) is 1. The molecule has 5 heteroatoms. The van der Waals surface area contributed by atoms with Crippen LogP contribution in [0.4, 0.5) is 5.69 Å². The minimum atomic E-state index is -0.394. The molecule has 2 aliphatic carbocycles. The van der Waals surface area contributed by atoms with Gasteiger partial charge in [-0.15, -0.1) is 0 Å². The van der Waals surface area contributed by atoms with Crippen molar-refractivity contribution in [1.82, 2.24) is 4.98 Å². The number of hydrogen-bond acceptors (Lipinski definition) is 3. The zero-order chi connectivity index (χ0) is 24.3. The van der Waals surface area contributed by atoms with Gasteiger partial charge in [-0.2, -0.15) is 0 Å². The van der Waals surface area contributed by atoms with Crippen LogP contribution < -0.4 is 9.64 Å². The van der Waals surface area contributed by atoms with E-state index in [1.54, 1.807) is 0 Å². The van der Waals surface area contributed by atoms with Crippen LogP contribution in [0, 0.1) is 30.6 Å². The molecule has 5 nitrogen and oxygen atoms in total. The van der Waals surface area contributed by atoms with Gasteiger partial charge in [-0.05, 0) is 92.0 Å². The summed E-state index contributed by atoms with van der Waals surface area (Å²) < 4.78 is 5.91. The van der Waals surface area contributed by atoms with Crippen molar-refractivity contribution in [2.45, 2.75) is 51.9 Å². The molecule has 1 aromatic heterocycles. The highest BCUT2D eigenvalue weighted by molar-refractivity contribution is 6.24. The zero-order valence-corrected chi connectivity index (χ0v) is 20.5. The van der Waals surface area contributed by atoms with Crippen molar-refractivity contribution in [2.75, 3.05) is 4.90 Å². The first-order valence-corrected chi connectivity index (χ1v) is 12.8. The van der Waals surface area contributed by atoms with Crippen molar-refractivity contribution in [2.24, 2.45) is 23.7 Å². The van der Waals surface area contributed by atoms with Gasteiger partial charge in [0.15, 0.2) is 0 Å². The lowest BCUT2D eigenvalue weighted by molar-refractivity contribution is -0.123. The number of benzene rings is 2. The molecule has 6 rings (SSSR count). The molecule has 1 saturated carbocycles. The Morgan fingerprint density at radius 1 is 0.943 bits per heavy atom. The Balaban J connectivity index is 1.34. The second-order valence-corrected chi connectivity index (χ2v) is 10.8. The fourth-order valence-corrected chi connectivity index (χ4v) is 6.79. The predicted octanol–water partition coefficient (Wildman–Crippen LogP) is 6.56. The van der Waals surface area contributed by atoms with Crippen LogP contribution in [0.15, 0.2) is 60.7 Å². The third kappa shape index (κ3) is 3.60. The standard InChI is InChI=1S/C30H32N2O3/c1-17(2)19-9-14-23-24(16-19)26-27(25-15-18(3)31-28(23)25)30(34)32(29(26)33)20-10-12-22(13-11-20)35-21-7-5-4-6-8-21/h4-8,10-13,15,17,19,23-24,26-27,31H,9,14,16H2,1-3H3/t19?,23-,24+,26+,27-/m1/s1. The topological polar surface area (TPSA) is 62.4 Å². The largest absolute Gasteiger partial charge is 0.457 e. The zero-order valence-electron chi connectivity index (χ0n) is 20.5. The molecule has 35 heavy (non-hydrogen) atoms. The number of nitrogens with zero attached hydrogens (tertiary/aromatic N) is 1. The van der Waals surface area contributed by atoms with Gasteiger partial charge in [0.1, 0.15) is 11.5 Å². The first-order valence-electron chi connectivity index (χ1n) is 12.8. The third-order valence-electron chi connectivity index (χ3n) is 8.49. The average Bonchev–Trinajstić information content (AvgIpc) is 3.37. The lowest BCUT2D eigenvalue weighted by atomic mass is 9.58. The number of anilines is 1. The third-order valence-corrected chi connectivity index (χ3v) is 8.49. The molecule has 0 radical (unpaired) electrons. The minimum Gasteiger partial charge on any atom is -0.457 e. The molecule has 3 aliphatic rings. The summed E-state index contributed by atoms with van der Waals surface area (Å²) in [6.45, 7) is 6.61. The Morgan fingerprint density at radius 3 is 2.37 bits per heavy atom. The summed E-state index contributed by atoms with van der Waals surface area (Å²) in [4.78, 5) is 32.8. The van der Waals surface area contributed by atoms with E-state index in [1.165, 1.54) is 17.0 Å². The smallest absolute Gasteiger partial charge is 0.242 e. The normalized spacial score (nSPS) is 27.5. The number of imide groups is 1. The molecule has 2 heterocycles. The molecule has 180 valence electrons. The maximum Gasteiger partial charge on any atom is 0.242 e. The highest BCUT2D eigenvalue weighted by Crippen LogP contribution is 2.57. The molecule has 1 aliphatic heterocycles. The number of carbonyl (C=O) groups is 2. The van der Waals surface area contributed by atoms with Crippen molar-refractivity contribution >= 4 is 17.5 Å². The highest BCUT2D eigenvalue weighted by Gasteiger charge is 2.58. The lowest BCUT2D eigenvalue weighted by Crippen LogP contribution is -2.40. The molecule has 1 saturated heterocycles. The SMILES string of the molecule is Cc1cc2c([nH]1)[C@@H]1CCC(C(C)C)C[C@@H]1[C@@H]1C(=O)N(c3ccc(Oc4ccccc4)cc3)C(=O)[C@H]21. The van der Waals surface area contributed by atoms with E-state index >= 15 is 0 Å². The minimum absolute atomic E-state index is 0.0411. The fraction of sp³-hybridized carbons (Fsp3) is 0.400. The summed E-state index contributed by atoms with van der Waals surface area (Å²) in [6.07, 6.45) is 3.27. The molecule has 1 unspecified atom stereocenters. The van der Waals surface area contributed by atoms with Crippen molar-refractivity contribution < 1.29 is 14.3 Å². The van der Waals surface area contributed by atoms with Crippen LogP contribution in [-0.4, -0.2) is 16.8 Å². The molecular formula is C30H32N2O3. The Morgan fingerprint density at radius 2 is 1.66 bits per heavy atom. The quantitative estimate of drug-likeness (QED) is 0.441. The van der Waals surface area contributed by atoms with Gasteiger partial charge in [-0.3, -0.25) is 9.59 Å². The number of aromatic nitrogens is 1. The van der Waals surface area contributed by atoms with Gasteiger partial charge in [-0.25, -0.2) is 4.90 Å². The molecule has 5 atom stereocenters. The van der Waals surface area contributed by atoms with Crippen LogP contribution in [0.3, 0.4) is 0 Å². The van der Waals surface area contributed by atoms with Gasteiger partial charge in [0.25, 0.3) is 0 Å². The number of H-pyrrole nitrogens is 1. The molecule has 0 bridgehead atoms. The van der Waals surface area contributed by atoms with Crippen LogP contribution in [-0.2, 0) is 9.59 Å². The van der Waals surface area contributed by atoms with Crippen LogP contribution >= 0.6 is 0 Å². The molecular weight excluding hydrogens is 436 g/mol. The van der Waals surface area contributed by atoms with Gasteiger partial charge in [-0.1, -0.05) is 32.0 Å². The number of amides is 2. The Kier molecular flexibility index (Phi) is 5.32. The summed E-state index contributed by atoms with van der Waals surface area (Å²) >= 11 is 0. The van der Waals surface area contributed by atoms with Gasteiger partial charge in [0.05, 0.1) is 17.5 Å². The molecule has 3 aromatic rings. The van der Waals surface area contributed by atoms with Gasteiger partial charge < -0.3 is 9.72 Å². The Hall–Kier alpha value is -3.34. The van der Waals surface area contributed by atoms with E-state index in [1.807, 2.05) is 61.5 Å². The number of aromatic amines is 1. The summed E-state index contributed by atoms with van der Waals surface area (Å²) in [5, 5.41) is 0. The summed E-state index contributed by atoms with van der Waals surface area (Å²) in [5.41, 5.74) is 3.94. The second-order valence-electron chi connectivity index (χ2n) is 10.8. The van der Waals surface area contributed by atoms with Crippen molar-refractivity contribution in [3.63, 3.8) is 0 Å². The molecule has 2 fully saturated rings. The number of para-hydroxylation sites is 1. The van der Waals surface area contributed by atoms with Crippen molar-refractivity contribution in [3.8, 4) is 11.5 Å². The summed E-state index contributed by atoms with van der Waals surface area (Å²) in [5.74, 6) is 2.32. The van der Waals surface area contributed by atoms with E-state index in [-0.39, 0.29) is 23.7 Å². The van der Waals surface area contributed by atoms with E-state index < -0.39 is 5.92 Å². The number of fused-ring (bicyclic) bond motifs is 6. The van der Waals surface area contributed by atoms with Crippen LogP contribution in [0.25, 0.3) is 0 Å². The van der Waals surface area contributed by atoms with Crippen LogP contribution in [0.5, 0.6) is 11.5 Å². The maximum atomic E-state index is 13.9. The van der Waals surface area contributed by atoms with Crippen LogP contribution in [0.1, 0.15) is 61.9 Å². The second kappa shape index (κ2) is 8.40. The number of rotatable bonds is 4. The summed E-state index contributed by atoms with van der Waals surface area (Å²) in [7, 11) is 0. The van der Waals surface area contributed by atoms with E-state index in [4.69, 9.17) is 4.74 Å². The number of nitrogens with one attached hydrogen (secondary N) is 1. The molecule has 2 amide bonds. The first kappa shape index (κ1) is 22.1. The Labute approximate surface area is 206 Å². The van der Waals surface area contributed by atoms with Crippen molar-refractivity contribution in [3.05, 3.63) is 77.6 Å². The van der Waals surface area contributed by atoms with E-state index in [0.717, 1.165) is 29.8 Å². The molecule has 0 spiro atoms. The van der Waals surface area contributed by atoms with E-state index in [9.17, 15) is 9.59 Å². The fourth-order valence-electron chi connectivity index (χ4n) is 6.79. The van der Waals surface area contributed by atoms with Gasteiger partial charge >= 0.3 is 0 Å². The number of carbonyl (C=O) groups excluding carboxylic acids is 2. The number of hydrogen-bond donors (Lipinski definition) is 1. The van der Waals surface area contributed by atoms with Crippen molar-refractivity contribution in [1.29, 1.82) is 0 Å². The maximum absolute atomic E-state index is 13.9. The predicted molar refractivity (Wildman–Crippen MR) is 136 cm³/mol. The van der Waals surface area contributed by atoms with Gasteiger partial charge in [0, 0.05) is 17.3 Å². The molecule has 2 aromatic carbocycles. The summed E-state index contributed by atoms with van der Waals surface area (Å²) in [6, 6.07) is 19.0. The first-order chi connectivity index (χ1) is 16.9.